The van der Waals surface area contributed by atoms with Crippen molar-refractivity contribution in [2.24, 2.45) is 5.92 Å². The van der Waals surface area contributed by atoms with Crippen LogP contribution in [0.3, 0.4) is 0 Å². The van der Waals surface area contributed by atoms with Crippen molar-refractivity contribution in [3.8, 4) is 0 Å². The Labute approximate surface area is 132 Å². The molecule has 3 unspecified atom stereocenters. The van der Waals surface area contributed by atoms with E-state index in [2.05, 4.69) is 4.18 Å². The molecule has 0 N–H and O–H groups in total. The van der Waals surface area contributed by atoms with E-state index in [-0.39, 0.29) is 12.3 Å². The van der Waals surface area contributed by atoms with Gasteiger partial charge in [0, 0.05) is 0 Å². The molecule has 0 aromatic carbocycles. The first-order valence-corrected chi connectivity index (χ1v) is 10.3. The molecular weight excluding hydrogens is 332 g/mol. The minimum Gasteiger partial charge on any atom is -0.459 e. The molecule has 0 heterocycles. The Bertz CT molecular complexity index is 642. The van der Waals surface area contributed by atoms with Gasteiger partial charge < -0.3 is 4.74 Å². The van der Waals surface area contributed by atoms with Gasteiger partial charge in [-0.15, -0.1) is 0 Å². The van der Waals surface area contributed by atoms with Gasteiger partial charge in [-0.3, -0.25) is 8.98 Å². The summed E-state index contributed by atoms with van der Waals surface area (Å²) in [6, 6.07) is 0. The highest BCUT2D eigenvalue weighted by molar-refractivity contribution is 7.94. The second-order valence-electron chi connectivity index (χ2n) is 6.86. The zero-order valence-corrected chi connectivity index (χ0v) is 15.4. The third-order valence-electron chi connectivity index (χ3n) is 3.68. The van der Waals surface area contributed by atoms with Gasteiger partial charge in [-0.05, 0) is 40.0 Å². The Hall–Kier alpha value is -0.670. The maximum absolute atomic E-state index is 12.7. The predicted molar refractivity (Wildman–Crippen MR) is 81.5 cm³/mol. The lowest BCUT2D eigenvalue weighted by Crippen LogP contribution is -2.43. The van der Waals surface area contributed by atoms with E-state index in [9.17, 15) is 21.6 Å². The highest BCUT2D eigenvalue weighted by Crippen LogP contribution is 2.52. The van der Waals surface area contributed by atoms with Gasteiger partial charge in [0.1, 0.15) is 10.3 Å². The maximum Gasteiger partial charge on any atom is 0.324 e. The van der Waals surface area contributed by atoms with Gasteiger partial charge in [-0.1, -0.05) is 6.92 Å². The predicted octanol–water partition coefficient (Wildman–Crippen LogP) is 0.886. The number of carbonyl (C=O) groups excluding carboxylic acids is 1. The van der Waals surface area contributed by atoms with Crippen LogP contribution in [0.2, 0.25) is 0 Å². The Balaban J connectivity index is 2.98. The minimum atomic E-state index is -3.93. The Kier molecular flexibility index (Phi) is 5.07. The standard InChI is InChI=1S/C13H24O7S2/c1-9-7-13(9,8-19-21(6,15)16)22(17,18)10(2)11(14)20-12(3,4)5/h9-10H,7-8H2,1-6H3. The molecule has 1 aliphatic rings. The molecule has 0 spiro atoms. The summed E-state index contributed by atoms with van der Waals surface area (Å²) in [4.78, 5) is 12.0. The van der Waals surface area contributed by atoms with Crippen molar-refractivity contribution in [3.63, 3.8) is 0 Å². The third-order valence-corrected chi connectivity index (χ3v) is 7.17. The number of carbonyl (C=O) groups is 1. The monoisotopic (exact) mass is 356 g/mol. The summed E-state index contributed by atoms with van der Waals surface area (Å²) in [6.45, 7) is 7.41. The second-order valence-corrected chi connectivity index (χ2v) is 11.1. The van der Waals surface area contributed by atoms with Gasteiger partial charge in [-0.2, -0.15) is 8.42 Å². The summed E-state index contributed by atoms with van der Waals surface area (Å²) in [5, 5.41) is -1.38. The van der Waals surface area contributed by atoms with Crippen LogP contribution in [0, 0.1) is 5.92 Å². The van der Waals surface area contributed by atoms with E-state index >= 15 is 0 Å². The lowest BCUT2D eigenvalue weighted by molar-refractivity contribution is -0.153. The van der Waals surface area contributed by atoms with Crippen molar-refractivity contribution in [3.05, 3.63) is 0 Å². The number of hydrogen-bond acceptors (Lipinski definition) is 7. The van der Waals surface area contributed by atoms with Crippen molar-refractivity contribution < 1.29 is 30.6 Å². The average Bonchev–Trinajstić information content (AvgIpc) is 2.95. The molecule has 0 aromatic rings. The van der Waals surface area contributed by atoms with Gasteiger partial charge in [0.25, 0.3) is 10.1 Å². The van der Waals surface area contributed by atoms with E-state index in [0.717, 1.165) is 6.26 Å². The summed E-state index contributed by atoms with van der Waals surface area (Å²) in [5.41, 5.74) is -0.799. The van der Waals surface area contributed by atoms with Crippen LogP contribution in [0.5, 0.6) is 0 Å². The number of hydrogen-bond donors (Lipinski definition) is 0. The third kappa shape index (κ3) is 4.20. The van der Waals surface area contributed by atoms with Crippen LogP contribution in [0.1, 0.15) is 41.0 Å². The van der Waals surface area contributed by atoms with Gasteiger partial charge in [-0.25, -0.2) is 8.42 Å². The molecule has 3 atom stereocenters. The summed E-state index contributed by atoms with van der Waals surface area (Å²) >= 11 is 0. The van der Waals surface area contributed by atoms with E-state index in [1.807, 2.05) is 0 Å². The number of sulfone groups is 1. The van der Waals surface area contributed by atoms with Gasteiger partial charge in [0.15, 0.2) is 15.1 Å². The van der Waals surface area contributed by atoms with Gasteiger partial charge in [0.2, 0.25) is 0 Å². The van der Waals surface area contributed by atoms with Crippen molar-refractivity contribution in [1.82, 2.24) is 0 Å². The van der Waals surface area contributed by atoms with Crippen LogP contribution < -0.4 is 0 Å². The summed E-state index contributed by atoms with van der Waals surface area (Å²) in [6.07, 6.45) is 1.12. The molecule has 22 heavy (non-hydrogen) atoms. The van der Waals surface area contributed by atoms with Crippen LogP contribution in [-0.4, -0.2) is 51.3 Å². The molecule has 130 valence electrons. The molecule has 1 saturated carbocycles. The molecule has 0 aromatic heterocycles. The highest BCUT2D eigenvalue weighted by Gasteiger charge is 2.64. The Morgan fingerprint density at radius 2 is 1.73 bits per heavy atom. The van der Waals surface area contributed by atoms with Crippen LogP contribution in [0.15, 0.2) is 0 Å². The molecule has 0 amide bonds. The summed E-state index contributed by atoms with van der Waals surface area (Å²) < 4.78 is 56.1. The molecule has 7 nitrogen and oxygen atoms in total. The van der Waals surface area contributed by atoms with Crippen LogP contribution in [0.4, 0.5) is 0 Å². The minimum absolute atomic E-state index is 0.262. The zero-order valence-electron chi connectivity index (χ0n) is 13.7. The maximum atomic E-state index is 12.7. The van der Waals surface area contributed by atoms with Crippen molar-refractivity contribution in [2.45, 2.75) is 56.6 Å². The molecule has 0 bridgehead atoms. The topological polar surface area (TPSA) is 104 Å². The molecule has 0 radical (unpaired) electrons. The van der Waals surface area contributed by atoms with Gasteiger partial charge in [0.05, 0.1) is 12.9 Å². The second kappa shape index (κ2) is 5.76. The SMILES string of the molecule is CC1CC1(COS(C)(=O)=O)S(=O)(=O)C(C)C(=O)OC(C)(C)C. The van der Waals surface area contributed by atoms with E-state index in [0.29, 0.717) is 0 Å². The fraction of sp³-hybridized carbons (Fsp3) is 0.923. The van der Waals surface area contributed by atoms with E-state index in [4.69, 9.17) is 4.74 Å². The van der Waals surface area contributed by atoms with Crippen molar-refractivity contribution in [2.75, 3.05) is 12.9 Å². The molecular formula is C13H24O7S2. The zero-order chi connectivity index (χ0) is 17.6. The Morgan fingerprint density at radius 3 is 2.05 bits per heavy atom. The normalized spacial score (nSPS) is 27.3. The van der Waals surface area contributed by atoms with Crippen LogP contribution >= 0.6 is 0 Å². The number of esters is 1. The fourth-order valence-corrected chi connectivity index (χ4v) is 4.98. The van der Waals surface area contributed by atoms with Crippen molar-refractivity contribution in [1.29, 1.82) is 0 Å². The lowest BCUT2D eigenvalue weighted by Gasteiger charge is -2.25. The number of ether oxygens (including phenoxy) is 1. The first kappa shape index (κ1) is 19.4. The first-order valence-electron chi connectivity index (χ1n) is 6.93. The summed E-state index contributed by atoms with van der Waals surface area (Å²) in [7, 11) is -7.69. The lowest BCUT2D eigenvalue weighted by atomic mass is 10.2. The molecule has 1 fully saturated rings. The van der Waals surface area contributed by atoms with E-state index in [1.54, 1.807) is 27.7 Å². The average molecular weight is 356 g/mol. The highest BCUT2D eigenvalue weighted by atomic mass is 32.2. The Morgan fingerprint density at radius 1 is 1.27 bits per heavy atom. The molecule has 9 heteroatoms. The summed E-state index contributed by atoms with van der Waals surface area (Å²) in [5.74, 6) is -1.12. The molecule has 0 saturated heterocycles. The first-order chi connectivity index (χ1) is 9.62. The van der Waals surface area contributed by atoms with Crippen LogP contribution in [0.25, 0.3) is 0 Å². The quantitative estimate of drug-likeness (QED) is 0.514. The van der Waals surface area contributed by atoms with E-state index < -0.39 is 48.1 Å². The van der Waals surface area contributed by atoms with Crippen LogP contribution in [-0.2, 0) is 33.7 Å². The largest absolute Gasteiger partial charge is 0.459 e. The molecule has 0 aliphatic heterocycles. The van der Waals surface area contributed by atoms with Crippen molar-refractivity contribution >= 4 is 25.9 Å². The molecule has 1 aliphatic carbocycles. The van der Waals surface area contributed by atoms with E-state index in [1.165, 1.54) is 6.92 Å². The fourth-order valence-electron chi connectivity index (χ4n) is 2.21. The molecule has 1 rings (SSSR count). The smallest absolute Gasteiger partial charge is 0.324 e. The number of rotatable bonds is 6. The van der Waals surface area contributed by atoms with Gasteiger partial charge >= 0.3 is 5.97 Å².